The molecular formula is C20H14N3O3. The van der Waals surface area contributed by atoms with E-state index in [4.69, 9.17) is 9.47 Å². The highest BCUT2D eigenvalue weighted by Gasteiger charge is 2.12. The molecule has 0 bridgehead atoms. The fourth-order valence-corrected chi connectivity index (χ4v) is 2.76. The van der Waals surface area contributed by atoms with Crippen LogP contribution in [0.2, 0.25) is 0 Å². The predicted octanol–water partition coefficient (Wildman–Crippen LogP) is 3.54. The second-order valence-electron chi connectivity index (χ2n) is 5.58. The number of nitrogens with zero attached hydrogens (tertiary/aromatic N) is 3. The average Bonchev–Trinajstić information content (AvgIpc) is 3.12. The van der Waals surface area contributed by atoms with Gasteiger partial charge in [-0.05, 0) is 35.9 Å². The highest BCUT2D eigenvalue weighted by atomic mass is 16.5. The third-order valence-corrected chi connectivity index (χ3v) is 4.02. The predicted molar refractivity (Wildman–Crippen MR) is 97.2 cm³/mol. The van der Waals surface area contributed by atoms with E-state index in [0.29, 0.717) is 5.75 Å². The van der Waals surface area contributed by atoms with E-state index < -0.39 is 0 Å². The van der Waals surface area contributed by atoms with E-state index >= 15 is 0 Å². The van der Waals surface area contributed by atoms with Gasteiger partial charge in [0, 0.05) is 11.6 Å². The third kappa shape index (κ3) is 2.88. The van der Waals surface area contributed by atoms with Crippen LogP contribution in [0.25, 0.3) is 27.8 Å². The zero-order chi connectivity index (χ0) is 17.9. The quantitative estimate of drug-likeness (QED) is 0.554. The molecule has 0 N–H and O–H groups in total. The summed E-state index contributed by atoms with van der Waals surface area (Å²) in [5.74, 6) is 1.15. The molecule has 0 amide bonds. The van der Waals surface area contributed by atoms with Crippen LogP contribution in [0, 0.1) is 0 Å². The van der Waals surface area contributed by atoms with E-state index in [0.717, 1.165) is 33.6 Å². The van der Waals surface area contributed by atoms with Crippen LogP contribution in [-0.2, 0) is 4.79 Å². The number of fused-ring (bicyclic) bond motifs is 1. The molecule has 0 saturated carbocycles. The van der Waals surface area contributed by atoms with E-state index in [1.165, 1.54) is 6.47 Å². The van der Waals surface area contributed by atoms with Crippen molar-refractivity contribution in [1.29, 1.82) is 0 Å². The number of methoxy groups -OCH3 is 1. The van der Waals surface area contributed by atoms with E-state index in [1.54, 1.807) is 24.0 Å². The Kier molecular flexibility index (Phi) is 4.07. The first-order valence-corrected chi connectivity index (χ1v) is 7.93. The Balaban J connectivity index is 1.83. The van der Waals surface area contributed by atoms with Crippen molar-refractivity contribution in [2.24, 2.45) is 0 Å². The van der Waals surface area contributed by atoms with Gasteiger partial charge in [0.15, 0.2) is 0 Å². The average molecular weight is 344 g/mol. The smallest absolute Gasteiger partial charge is 0.423 e. The second-order valence-corrected chi connectivity index (χ2v) is 5.58. The van der Waals surface area contributed by atoms with Gasteiger partial charge in [-0.25, -0.2) is 4.79 Å². The van der Waals surface area contributed by atoms with Gasteiger partial charge < -0.3 is 9.47 Å². The Labute approximate surface area is 149 Å². The number of benzene rings is 3. The molecule has 3 aromatic carbocycles. The number of carbonyl (C=O) groups excluding carboxylic acids is 1. The number of hydrogen-bond acceptors (Lipinski definition) is 5. The van der Waals surface area contributed by atoms with Gasteiger partial charge in [-0.1, -0.05) is 30.3 Å². The Hall–Kier alpha value is -3.67. The molecule has 1 heterocycles. The summed E-state index contributed by atoms with van der Waals surface area (Å²) in [6.45, 7) is 1.49. The number of ether oxygens (including phenoxy) is 2. The van der Waals surface area contributed by atoms with Crippen LogP contribution in [0.5, 0.6) is 11.5 Å². The van der Waals surface area contributed by atoms with Gasteiger partial charge in [0.1, 0.15) is 22.5 Å². The Morgan fingerprint density at radius 1 is 0.923 bits per heavy atom. The van der Waals surface area contributed by atoms with Gasteiger partial charge in [0.25, 0.3) is 0 Å². The maximum absolute atomic E-state index is 10.7. The van der Waals surface area contributed by atoms with Crippen LogP contribution in [0.15, 0.2) is 66.7 Å². The maximum atomic E-state index is 10.7. The van der Waals surface area contributed by atoms with Crippen molar-refractivity contribution in [2.75, 3.05) is 7.11 Å². The van der Waals surface area contributed by atoms with Crippen molar-refractivity contribution in [3.8, 4) is 28.3 Å². The molecule has 4 rings (SSSR count). The maximum Gasteiger partial charge on any atom is 0.423 e. The molecule has 0 aliphatic rings. The lowest BCUT2D eigenvalue weighted by Crippen LogP contribution is -2.00. The molecule has 0 unspecified atom stereocenters. The molecule has 0 aliphatic carbocycles. The molecule has 0 aliphatic heterocycles. The van der Waals surface area contributed by atoms with Crippen molar-refractivity contribution < 1.29 is 14.3 Å². The number of aromatic nitrogens is 3. The lowest BCUT2D eigenvalue weighted by Gasteiger charge is -2.09. The molecule has 4 aromatic rings. The first-order chi connectivity index (χ1) is 12.8. The van der Waals surface area contributed by atoms with Gasteiger partial charge in [-0.3, -0.25) is 0 Å². The number of rotatable bonds is 5. The van der Waals surface area contributed by atoms with Crippen molar-refractivity contribution in [2.45, 2.75) is 0 Å². The summed E-state index contributed by atoms with van der Waals surface area (Å²) in [6, 6.07) is 20.5. The summed E-state index contributed by atoms with van der Waals surface area (Å²) in [5.41, 5.74) is 3.90. The van der Waals surface area contributed by atoms with Gasteiger partial charge in [0.05, 0.1) is 12.8 Å². The number of hydrogen-bond donors (Lipinski definition) is 0. The molecule has 0 saturated heterocycles. The monoisotopic (exact) mass is 344 g/mol. The SMILES string of the molecule is COc1ccc2nn(-c3ccc(O[C]=O)c(-c4ccccc4)c3)nc2c1. The van der Waals surface area contributed by atoms with E-state index in [2.05, 4.69) is 10.2 Å². The van der Waals surface area contributed by atoms with Crippen LogP contribution in [-0.4, -0.2) is 28.6 Å². The van der Waals surface area contributed by atoms with Crippen LogP contribution < -0.4 is 9.47 Å². The first kappa shape index (κ1) is 15.8. The largest absolute Gasteiger partial charge is 0.497 e. The minimum Gasteiger partial charge on any atom is -0.497 e. The highest BCUT2D eigenvalue weighted by Crippen LogP contribution is 2.32. The lowest BCUT2D eigenvalue weighted by molar-refractivity contribution is 0.415. The molecular weight excluding hydrogens is 330 g/mol. The van der Waals surface area contributed by atoms with Gasteiger partial charge in [-0.2, -0.15) is 4.80 Å². The van der Waals surface area contributed by atoms with E-state index in [9.17, 15) is 4.79 Å². The fourth-order valence-electron chi connectivity index (χ4n) is 2.76. The second kappa shape index (κ2) is 6.68. The standard InChI is InChI=1S/C20H14N3O3/c1-25-16-8-9-18-19(12-16)22-23(21-18)15-7-10-20(26-13-24)17(11-15)14-5-3-2-4-6-14/h2-12H,1H3. The van der Waals surface area contributed by atoms with E-state index in [1.807, 2.05) is 54.6 Å². The van der Waals surface area contributed by atoms with E-state index in [-0.39, 0.29) is 0 Å². The molecule has 0 spiro atoms. The minimum absolute atomic E-state index is 0.424. The molecule has 127 valence electrons. The Bertz CT molecular complexity index is 1070. The fraction of sp³-hybridized carbons (Fsp3) is 0.0500. The van der Waals surface area contributed by atoms with Crippen molar-refractivity contribution >= 4 is 17.5 Å². The molecule has 1 aromatic heterocycles. The van der Waals surface area contributed by atoms with Crippen molar-refractivity contribution in [1.82, 2.24) is 15.0 Å². The summed E-state index contributed by atoms with van der Waals surface area (Å²) in [6.07, 6.45) is 0. The Morgan fingerprint density at radius 3 is 2.50 bits per heavy atom. The zero-order valence-electron chi connectivity index (χ0n) is 13.9. The summed E-state index contributed by atoms with van der Waals surface area (Å²) in [7, 11) is 1.61. The molecule has 6 heteroatoms. The molecule has 1 radical (unpaired) electrons. The summed E-state index contributed by atoms with van der Waals surface area (Å²) < 4.78 is 10.2. The first-order valence-electron chi connectivity index (χ1n) is 7.93. The van der Waals surface area contributed by atoms with Crippen LogP contribution in [0.3, 0.4) is 0 Å². The molecule has 6 nitrogen and oxygen atoms in total. The van der Waals surface area contributed by atoms with Crippen LogP contribution in [0.1, 0.15) is 0 Å². The summed E-state index contributed by atoms with van der Waals surface area (Å²) in [5, 5.41) is 9.01. The highest BCUT2D eigenvalue weighted by molar-refractivity contribution is 5.77. The van der Waals surface area contributed by atoms with Gasteiger partial charge in [0.2, 0.25) is 0 Å². The van der Waals surface area contributed by atoms with Crippen molar-refractivity contribution in [3.05, 3.63) is 66.7 Å². The molecule has 0 atom stereocenters. The third-order valence-electron chi connectivity index (χ3n) is 4.02. The van der Waals surface area contributed by atoms with Crippen LogP contribution in [0.4, 0.5) is 0 Å². The van der Waals surface area contributed by atoms with Crippen molar-refractivity contribution in [3.63, 3.8) is 0 Å². The summed E-state index contributed by atoms with van der Waals surface area (Å²) >= 11 is 0. The minimum atomic E-state index is 0.424. The summed E-state index contributed by atoms with van der Waals surface area (Å²) in [4.78, 5) is 12.2. The normalized spacial score (nSPS) is 10.7. The topological polar surface area (TPSA) is 66.2 Å². The molecule has 0 fully saturated rings. The lowest BCUT2D eigenvalue weighted by atomic mass is 10.0. The zero-order valence-corrected chi connectivity index (χ0v) is 13.9. The Morgan fingerprint density at radius 2 is 1.73 bits per heavy atom. The van der Waals surface area contributed by atoms with Crippen LogP contribution >= 0.6 is 0 Å². The van der Waals surface area contributed by atoms with Gasteiger partial charge >= 0.3 is 6.47 Å². The van der Waals surface area contributed by atoms with Gasteiger partial charge in [-0.15, -0.1) is 10.2 Å². The molecule has 26 heavy (non-hydrogen) atoms.